The maximum absolute atomic E-state index is 7.56. The van der Waals surface area contributed by atoms with Crippen LogP contribution < -0.4 is 10.5 Å². The lowest BCUT2D eigenvalue weighted by Gasteiger charge is -2.12. The standard InChI is InChI=1S/C13H9Br3N2O/c14-7-2-4-11(10(16)5-7)19-12-6-8(15)1-3-9(12)13(17)18/h1-6H,(H3,17,18). The molecule has 0 aliphatic heterocycles. The Bertz CT molecular complexity index is 644. The van der Waals surface area contributed by atoms with Gasteiger partial charge in [-0.25, -0.2) is 0 Å². The van der Waals surface area contributed by atoms with Gasteiger partial charge in [-0.3, -0.25) is 5.41 Å². The quantitative estimate of drug-likeness (QED) is 0.510. The highest BCUT2D eigenvalue weighted by Crippen LogP contribution is 2.34. The van der Waals surface area contributed by atoms with Crippen molar-refractivity contribution in [3.63, 3.8) is 0 Å². The van der Waals surface area contributed by atoms with Crippen LogP contribution in [-0.2, 0) is 0 Å². The van der Waals surface area contributed by atoms with Gasteiger partial charge in [0, 0.05) is 8.95 Å². The number of rotatable bonds is 3. The van der Waals surface area contributed by atoms with Crippen molar-refractivity contribution in [2.45, 2.75) is 0 Å². The van der Waals surface area contributed by atoms with Gasteiger partial charge in [0.15, 0.2) is 0 Å². The van der Waals surface area contributed by atoms with E-state index in [1.807, 2.05) is 24.3 Å². The van der Waals surface area contributed by atoms with Crippen LogP contribution >= 0.6 is 47.8 Å². The summed E-state index contributed by atoms with van der Waals surface area (Å²) in [5, 5.41) is 7.56. The molecule has 3 N–H and O–H groups in total. The minimum Gasteiger partial charge on any atom is -0.455 e. The van der Waals surface area contributed by atoms with E-state index in [-0.39, 0.29) is 5.84 Å². The molecule has 0 saturated heterocycles. The van der Waals surface area contributed by atoms with E-state index in [1.54, 1.807) is 12.1 Å². The van der Waals surface area contributed by atoms with Gasteiger partial charge in [-0.2, -0.15) is 0 Å². The van der Waals surface area contributed by atoms with Crippen molar-refractivity contribution in [3.8, 4) is 11.5 Å². The van der Waals surface area contributed by atoms with Crippen LogP contribution in [0.4, 0.5) is 0 Å². The predicted octanol–water partition coefficient (Wildman–Crippen LogP) is 5.05. The van der Waals surface area contributed by atoms with Crippen molar-refractivity contribution in [2.24, 2.45) is 5.73 Å². The van der Waals surface area contributed by atoms with Crippen molar-refractivity contribution >= 4 is 53.6 Å². The fourth-order valence-electron chi connectivity index (χ4n) is 1.48. The van der Waals surface area contributed by atoms with Crippen molar-refractivity contribution < 1.29 is 4.74 Å². The van der Waals surface area contributed by atoms with Gasteiger partial charge in [0.2, 0.25) is 0 Å². The second kappa shape index (κ2) is 6.07. The molecule has 0 aliphatic carbocycles. The van der Waals surface area contributed by atoms with Crippen LogP contribution in [0.3, 0.4) is 0 Å². The molecule has 2 aromatic rings. The molecule has 19 heavy (non-hydrogen) atoms. The average Bonchev–Trinajstić information content (AvgIpc) is 2.32. The number of ether oxygens (including phenoxy) is 1. The van der Waals surface area contributed by atoms with Crippen LogP contribution in [-0.4, -0.2) is 5.84 Å². The predicted molar refractivity (Wildman–Crippen MR) is 87.1 cm³/mol. The molecule has 2 aromatic carbocycles. The topological polar surface area (TPSA) is 59.1 Å². The van der Waals surface area contributed by atoms with E-state index in [1.165, 1.54) is 0 Å². The Morgan fingerprint density at radius 2 is 1.58 bits per heavy atom. The minimum atomic E-state index is -0.0317. The molecule has 6 heteroatoms. The van der Waals surface area contributed by atoms with E-state index in [2.05, 4.69) is 47.8 Å². The minimum absolute atomic E-state index is 0.0317. The molecule has 0 radical (unpaired) electrons. The van der Waals surface area contributed by atoms with Gasteiger partial charge >= 0.3 is 0 Å². The summed E-state index contributed by atoms with van der Waals surface area (Å²) in [5.74, 6) is 1.16. The lowest BCUT2D eigenvalue weighted by Crippen LogP contribution is -2.12. The summed E-state index contributed by atoms with van der Waals surface area (Å²) in [7, 11) is 0. The number of halogens is 3. The first kappa shape index (κ1) is 14.6. The zero-order valence-corrected chi connectivity index (χ0v) is 14.3. The summed E-state index contributed by atoms with van der Waals surface area (Å²) in [4.78, 5) is 0. The van der Waals surface area contributed by atoms with Gasteiger partial charge in [-0.05, 0) is 52.3 Å². The Hall–Kier alpha value is -0.850. The number of hydrogen-bond acceptors (Lipinski definition) is 2. The molecular weight excluding hydrogens is 440 g/mol. The Kier molecular flexibility index (Phi) is 4.65. The summed E-state index contributed by atoms with van der Waals surface area (Å²) < 4.78 is 8.45. The Labute approximate surface area is 136 Å². The summed E-state index contributed by atoms with van der Waals surface area (Å²) in [5.41, 5.74) is 6.10. The van der Waals surface area contributed by atoms with Crippen LogP contribution in [0.5, 0.6) is 11.5 Å². The molecule has 2 rings (SSSR count). The maximum atomic E-state index is 7.56. The monoisotopic (exact) mass is 446 g/mol. The van der Waals surface area contributed by atoms with E-state index in [4.69, 9.17) is 15.9 Å². The molecule has 0 saturated carbocycles. The van der Waals surface area contributed by atoms with Crippen molar-refractivity contribution in [2.75, 3.05) is 0 Å². The molecule has 0 unspecified atom stereocenters. The molecule has 0 aromatic heterocycles. The fourth-order valence-corrected chi connectivity index (χ4v) is 2.95. The maximum Gasteiger partial charge on any atom is 0.141 e. The summed E-state index contributed by atoms with van der Waals surface area (Å²) in [6, 6.07) is 10.9. The van der Waals surface area contributed by atoms with Crippen molar-refractivity contribution in [3.05, 3.63) is 55.4 Å². The van der Waals surface area contributed by atoms with Crippen LogP contribution in [0, 0.1) is 5.41 Å². The van der Waals surface area contributed by atoms with Crippen LogP contribution in [0.2, 0.25) is 0 Å². The molecule has 0 bridgehead atoms. The molecule has 0 atom stereocenters. The largest absolute Gasteiger partial charge is 0.455 e. The van der Waals surface area contributed by atoms with Crippen molar-refractivity contribution in [1.82, 2.24) is 0 Å². The van der Waals surface area contributed by atoms with Gasteiger partial charge < -0.3 is 10.5 Å². The zero-order valence-electron chi connectivity index (χ0n) is 9.58. The number of amidine groups is 1. The Morgan fingerprint density at radius 1 is 0.947 bits per heavy atom. The highest BCUT2D eigenvalue weighted by molar-refractivity contribution is 9.11. The second-order valence-corrected chi connectivity index (χ2v) is 6.42. The third kappa shape index (κ3) is 3.58. The normalized spacial score (nSPS) is 10.3. The SMILES string of the molecule is N=C(N)c1ccc(Br)cc1Oc1ccc(Br)cc1Br. The van der Waals surface area contributed by atoms with Gasteiger partial charge in [-0.1, -0.05) is 31.9 Å². The molecule has 98 valence electrons. The van der Waals surface area contributed by atoms with Crippen molar-refractivity contribution in [1.29, 1.82) is 5.41 Å². The first-order valence-corrected chi connectivity index (χ1v) is 7.62. The molecule has 0 heterocycles. The average molecular weight is 449 g/mol. The summed E-state index contributed by atoms with van der Waals surface area (Å²) in [6.07, 6.45) is 0. The van der Waals surface area contributed by atoms with Gasteiger partial charge in [0.25, 0.3) is 0 Å². The smallest absolute Gasteiger partial charge is 0.141 e. The van der Waals surface area contributed by atoms with Gasteiger partial charge in [-0.15, -0.1) is 0 Å². The van der Waals surface area contributed by atoms with E-state index in [0.29, 0.717) is 17.1 Å². The molecule has 0 amide bonds. The first-order valence-electron chi connectivity index (χ1n) is 5.24. The number of nitrogen functional groups attached to an aromatic ring is 1. The lowest BCUT2D eigenvalue weighted by molar-refractivity contribution is 0.478. The first-order chi connectivity index (χ1) is 8.97. The third-order valence-electron chi connectivity index (χ3n) is 2.35. The number of hydrogen-bond donors (Lipinski definition) is 2. The molecule has 0 aliphatic rings. The third-order valence-corrected chi connectivity index (χ3v) is 3.95. The summed E-state index contributed by atoms with van der Waals surface area (Å²) in [6.45, 7) is 0. The highest BCUT2D eigenvalue weighted by atomic mass is 79.9. The number of benzene rings is 2. The highest BCUT2D eigenvalue weighted by Gasteiger charge is 2.10. The van der Waals surface area contributed by atoms with Crippen LogP contribution in [0.1, 0.15) is 5.56 Å². The Balaban J connectivity index is 2.42. The zero-order chi connectivity index (χ0) is 14.0. The van der Waals surface area contributed by atoms with E-state index < -0.39 is 0 Å². The lowest BCUT2D eigenvalue weighted by atomic mass is 10.2. The molecular formula is C13H9Br3N2O. The molecule has 0 fully saturated rings. The van der Waals surface area contributed by atoms with E-state index in [0.717, 1.165) is 13.4 Å². The number of nitrogens with one attached hydrogen (secondary N) is 1. The van der Waals surface area contributed by atoms with E-state index >= 15 is 0 Å². The summed E-state index contributed by atoms with van der Waals surface area (Å²) >= 11 is 10.2. The molecule has 0 spiro atoms. The van der Waals surface area contributed by atoms with Crippen LogP contribution in [0.25, 0.3) is 0 Å². The number of nitrogens with two attached hydrogens (primary N) is 1. The fraction of sp³-hybridized carbons (Fsp3) is 0. The van der Waals surface area contributed by atoms with Gasteiger partial charge in [0.1, 0.15) is 17.3 Å². The van der Waals surface area contributed by atoms with E-state index in [9.17, 15) is 0 Å². The molecule has 3 nitrogen and oxygen atoms in total. The Morgan fingerprint density at radius 3 is 2.21 bits per heavy atom. The second-order valence-electron chi connectivity index (χ2n) is 3.73. The van der Waals surface area contributed by atoms with Gasteiger partial charge in [0.05, 0.1) is 10.0 Å². The van der Waals surface area contributed by atoms with Crippen LogP contribution in [0.15, 0.2) is 49.8 Å².